The number of aromatic nitrogens is 6. The molecule has 0 spiro atoms. The molecule has 0 bridgehead atoms. The molecule has 2 N–H and O–H groups in total. The van der Waals surface area contributed by atoms with E-state index in [1.54, 1.807) is 30.7 Å². The summed E-state index contributed by atoms with van der Waals surface area (Å²) in [5.41, 5.74) is 8.34. The molecule has 0 aliphatic heterocycles. The Hall–Kier alpha value is -3.13. The molecule has 0 unspecified atom stereocenters. The van der Waals surface area contributed by atoms with Crippen LogP contribution < -0.4 is 5.73 Å². The number of pyridine rings is 1. The van der Waals surface area contributed by atoms with Crippen LogP contribution in [0.15, 0.2) is 48.9 Å². The number of rotatable bonds is 3. The van der Waals surface area contributed by atoms with E-state index in [9.17, 15) is 4.39 Å². The Kier molecular flexibility index (Phi) is 4.12. The molecule has 0 radical (unpaired) electrons. The average molecular weight is 377 g/mol. The number of nitrogens with zero attached hydrogens (tertiary/aromatic N) is 6. The maximum atomic E-state index is 14.6. The van der Waals surface area contributed by atoms with E-state index in [0.29, 0.717) is 22.7 Å². The molecule has 7 nitrogen and oxygen atoms in total. The zero-order valence-corrected chi connectivity index (χ0v) is 15.2. The normalized spacial score (nSPS) is 19.9. The maximum absolute atomic E-state index is 14.6. The van der Waals surface area contributed by atoms with Gasteiger partial charge in [0.15, 0.2) is 5.82 Å². The highest BCUT2D eigenvalue weighted by Gasteiger charge is 2.26. The van der Waals surface area contributed by atoms with E-state index in [-0.39, 0.29) is 17.9 Å². The van der Waals surface area contributed by atoms with Crippen molar-refractivity contribution in [3.8, 4) is 17.2 Å². The van der Waals surface area contributed by atoms with Crippen molar-refractivity contribution in [1.29, 1.82) is 0 Å². The van der Waals surface area contributed by atoms with Gasteiger partial charge in [-0.05, 0) is 37.8 Å². The molecule has 1 saturated carbocycles. The fourth-order valence-corrected chi connectivity index (χ4v) is 4.07. The molecule has 1 aliphatic carbocycles. The average Bonchev–Trinajstić information content (AvgIpc) is 3.36. The first-order valence-electron chi connectivity index (χ1n) is 9.46. The lowest BCUT2D eigenvalue weighted by atomic mass is 9.91. The highest BCUT2D eigenvalue weighted by atomic mass is 19.1. The molecule has 4 aromatic rings. The van der Waals surface area contributed by atoms with E-state index in [1.165, 1.54) is 10.9 Å². The Morgan fingerprint density at radius 1 is 1.11 bits per heavy atom. The van der Waals surface area contributed by atoms with Crippen molar-refractivity contribution >= 4 is 11.0 Å². The summed E-state index contributed by atoms with van der Waals surface area (Å²) in [6.45, 7) is 0. The summed E-state index contributed by atoms with van der Waals surface area (Å²) in [4.78, 5) is 10.6. The van der Waals surface area contributed by atoms with Gasteiger partial charge >= 0.3 is 0 Å². The second-order valence-electron chi connectivity index (χ2n) is 7.22. The van der Waals surface area contributed by atoms with Crippen LogP contribution in [0.2, 0.25) is 0 Å². The Labute approximate surface area is 161 Å². The minimum atomic E-state index is -0.291. The summed E-state index contributed by atoms with van der Waals surface area (Å²) >= 11 is 0. The molecule has 1 aliphatic rings. The number of fused-ring (bicyclic) bond motifs is 1. The Morgan fingerprint density at radius 2 is 1.93 bits per heavy atom. The van der Waals surface area contributed by atoms with Gasteiger partial charge in [-0.15, -0.1) is 4.80 Å². The lowest BCUT2D eigenvalue weighted by Crippen LogP contribution is -2.29. The van der Waals surface area contributed by atoms with Gasteiger partial charge in [0.1, 0.15) is 17.2 Å². The van der Waals surface area contributed by atoms with E-state index in [4.69, 9.17) is 10.7 Å². The summed E-state index contributed by atoms with van der Waals surface area (Å²) in [6, 6.07) is 8.94. The number of hydrogen-bond acceptors (Lipinski definition) is 5. The van der Waals surface area contributed by atoms with Crippen LogP contribution in [0.1, 0.15) is 31.7 Å². The van der Waals surface area contributed by atoms with Crippen LogP contribution in [0.3, 0.4) is 0 Å². The summed E-state index contributed by atoms with van der Waals surface area (Å²) in [5, 5.41) is 8.32. The SMILES string of the molecule is N[C@H]1CCC[C@@H](n2c(-c3ccccc3F)nc3cnc(-n4nccn4)cc32)C1. The molecular weight excluding hydrogens is 357 g/mol. The minimum absolute atomic E-state index is 0.138. The molecule has 1 fully saturated rings. The lowest BCUT2D eigenvalue weighted by molar-refractivity contribution is 0.327. The van der Waals surface area contributed by atoms with Crippen LogP contribution in [0.4, 0.5) is 4.39 Å². The van der Waals surface area contributed by atoms with Gasteiger partial charge in [-0.25, -0.2) is 14.4 Å². The third kappa shape index (κ3) is 2.86. The zero-order chi connectivity index (χ0) is 19.1. The second kappa shape index (κ2) is 6.79. The Bertz CT molecular complexity index is 1120. The van der Waals surface area contributed by atoms with E-state index in [0.717, 1.165) is 31.2 Å². The second-order valence-corrected chi connectivity index (χ2v) is 7.22. The first kappa shape index (κ1) is 17.0. The number of hydrogen-bond donors (Lipinski definition) is 1. The molecule has 2 atom stereocenters. The zero-order valence-electron chi connectivity index (χ0n) is 15.2. The van der Waals surface area contributed by atoms with E-state index < -0.39 is 0 Å². The van der Waals surface area contributed by atoms with Crippen molar-refractivity contribution in [3.63, 3.8) is 0 Å². The van der Waals surface area contributed by atoms with Crippen LogP contribution in [0.25, 0.3) is 28.2 Å². The predicted molar refractivity (Wildman–Crippen MR) is 103 cm³/mol. The van der Waals surface area contributed by atoms with E-state index in [1.807, 2.05) is 12.1 Å². The van der Waals surface area contributed by atoms with Gasteiger partial charge in [0, 0.05) is 18.2 Å². The monoisotopic (exact) mass is 377 g/mol. The van der Waals surface area contributed by atoms with Crippen molar-refractivity contribution < 1.29 is 4.39 Å². The molecule has 3 aromatic heterocycles. The Morgan fingerprint density at radius 3 is 2.71 bits per heavy atom. The number of halogens is 1. The van der Waals surface area contributed by atoms with Gasteiger partial charge in [0.2, 0.25) is 0 Å². The molecule has 5 rings (SSSR count). The maximum Gasteiger partial charge on any atom is 0.176 e. The van der Waals surface area contributed by atoms with Crippen molar-refractivity contribution in [2.24, 2.45) is 5.73 Å². The van der Waals surface area contributed by atoms with Gasteiger partial charge in [-0.1, -0.05) is 12.1 Å². The largest absolute Gasteiger partial charge is 0.328 e. The topological polar surface area (TPSA) is 87.4 Å². The first-order valence-corrected chi connectivity index (χ1v) is 9.46. The molecule has 1 aromatic carbocycles. The lowest BCUT2D eigenvalue weighted by Gasteiger charge is -2.29. The van der Waals surface area contributed by atoms with Crippen LogP contribution in [0, 0.1) is 5.82 Å². The molecule has 8 heteroatoms. The van der Waals surface area contributed by atoms with Crippen molar-refractivity contribution in [2.75, 3.05) is 0 Å². The van der Waals surface area contributed by atoms with Crippen LogP contribution >= 0.6 is 0 Å². The Balaban J connectivity index is 1.74. The molecular formula is C20H20FN7. The smallest absolute Gasteiger partial charge is 0.176 e. The van der Waals surface area contributed by atoms with Gasteiger partial charge < -0.3 is 10.3 Å². The van der Waals surface area contributed by atoms with Gasteiger partial charge in [0.05, 0.1) is 29.7 Å². The summed E-state index contributed by atoms with van der Waals surface area (Å²) < 4.78 is 16.7. The number of nitrogens with two attached hydrogens (primary N) is 1. The molecule has 28 heavy (non-hydrogen) atoms. The summed E-state index contributed by atoms with van der Waals surface area (Å²) in [5.74, 6) is 0.916. The van der Waals surface area contributed by atoms with Gasteiger partial charge in [-0.2, -0.15) is 10.2 Å². The van der Waals surface area contributed by atoms with Crippen molar-refractivity contribution in [2.45, 2.75) is 37.8 Å². The number of imidazole rings is 1. The fraction of sp³-hybridized carbons (Fsp3) is 0.300. The van der Waals surface area contributed by atoms with Crippen molar-refractivity contribution in [1.82, 2.24) is 29.5 Å². The standard InChI is InChI=1S/C20H20FN7/c21-16-7-2-1-6-15(16)20-26-17-12-23-19(28-24-8-9-25-28)11-18(17)27(20)14-5-3-4-13(22)10-14/h1-2,6-9,11-14H,3-5,10,22H2/t13-,14+/m0/s1. The third-order valence-electron chi connectivity index (χ3n) is 5.35. The van der Waals surface area contributed by atoms with Gasteiger partial charge in [0.25, 0.3) is 0 Å². The molecule has 0 saturated heterocycles. The van der Waals surface area contributed by atoms with Gasteiger partial charge in [-0.3, -0.25) is 0 Å². The van der Waals surface area contributed by atoms with Crippen molar-refractivity contribution in [3.05, 3.63) is 54.7 Å². The molecule has 3 heterocycles. The highest BCUT2D eigenvalue weighted by Crippen LogP contribution is 2.36. The third-order valence-corrected chi connectivity index (χ3v) is 5.35. The summed E-state index contributed by atoms with van der Waals surface area (Å²) in [7, 11) is 0. The predicted octanol–water partition coefficient (Wildman–Crippen LogP) is 3.26. The van der Waals surface area contributed by atoms with E-state index >= 15 is 0 Å². The van der Waals surface area contributed by atoms with Crippen LogP contribution in [-0.2, 0) is 0 Å². The molecule has 0 amide bonds. The van der Waals surface area contributed by atoms with Crippen LogP contribution in [-0.4, -0.2) is 35.6 Å². The fourth-order valence-electron chi connectivity index (χ4n) is 4.07. The van der Waals surface area contributed by atoms with Crippen LogP contribution in [0.5, 0.6) is 0 Å². The highest BCUT2D eigenvalue weighted by molar-refractivity contribution is 5.81. The quantitative estimate of drug-likeness (QED) is 0.592. The summed E-state index contributed by atoms with van der Waals surface area (Å²) in [6.07, 6.45) is 8.78. The minimum Gasteiger partial charge on any atom is -0.328 e. The van der Waals surface area contributed by atoms with E-state index in [2.05, 4.69) is 19.7 Å². The number of benzene rings is 1. The molecule has 142 valence electrons. The first-order chi connectivity index (χ1) is 13.7.